The molecule has 2 N–H and O–H groups in total. The number of carbonyl (C=O) groups is 1. The minimum Gasteiger partial charge on any atom is -0.318 e. The van der Waals surface area contributed by atoms with E-state index in [2.05, 4.69) is 11.1 Å². The molecule has 0 fully saturated rings. The quantitative estimate of drug-likeness (QED) is 0.641. The second-order valence-corrected chi connectivity index (χ2v) is 7.06. The Morgan fingerprint density at radius 1 is 1.16 bits per heavy atom. The number of benzene rings is 2. The molecule has 126 valence electrons. The summed E-state index contributed by atoms with van der Waals surface area (Å²) in [7, 11) is 0. The smallest absolute Gasteiger partial charge is 0.318 e. The zero-order valence-corrected chi connectivity index (χ0v) is 15.0. The molecular weight excluding hydrogens is 334 g/mol. The summed E-state index contributed by atoms with van der Waals surface area (Å²) in [6, 6.07) is 13.4. The van der Waals surface area contributed by atoms with Gasteiger partial charge in [-0.15, -0.1) is 0 Å². The zero-order valence-electron chi connectivity index (χ0n) is 14.2. The standard InChI is InChI=1S/C20H18ClN3O/c1-12-9-14-7-8-24(20(22)25,18(14)11-16(12)21)19-10-13(2)23-17-6-4-3-5-15(17)19/h3-6,9-11H,7-8H2,1-2H3,(H-,22,25)/p+1. The van der Waals surface area contributed by atoms with Crippen LogP contribution in [-0.4, -0.2) is 17.6 Å². The summed E-state index contributed by atoms with van der Waals surface area (Å²) in [5.41, 5.74) is 11.6. The van der Waals surface area contributed by atoms with Gasteiger partial charge in [-0.2, -0.15) is 4.48 Å². The number of para-hydroxylation sites is 1. The van der Waals surface area contributed by atoms with Crippen LogP contribution in [0.15, 0.2) is 42.5 Å². The van der Waals surface area contributed by atoms with Gasteiger partial charge in [0.15, 0.2) is 11.4 Å². The molecule has 1 atom stereocenters. The van der Waals surface area contributed by atoms with Gasteiger partial charge in [0.25, 0.3) is 0 Å². The van der Waals surface area contributed by atoms with E-state index < -0.39 is 6.03 Å². The molecule has 0 radical (unpaired) electrons. The summed E-state index contributed by atoms with van der Waals surface area (Å²) < 4.78 is -0.0147. The SMILES string of the molecule is Cc1cc([N+]2(C(N)=O)CCc3cc(C)c(Cl)cc32)c2ccccc2n1. The first kappa shape index (κ1) is 16.1. The lowest BCUT2D eigenvalue weighted by molar-refractivity contribution is 0.229. The number of fused-ring (bicyclic) bond motifs is 2. The second-order valence-electron chi connectivity index (χ2n) is 6.65. The van der Waals surface area contributed by atoms with E-state index >= 15 is 0 Å². The van der Waals surface area contributed by atoms with Gasteiger partial charge in [0.2, 0.25) is 0 Å². The number of halogens is 1. The molecule has 1 aliphatic rings. The predicted molar refractivity (Wildman–Crippen MR) is 102 cm³/mol. The lowest BCUT2D eigenvalue weighted by atomic mass is 10.1. The van der Waals surface area contributed by atoms with Gasteiger partial charge in [-0.1, -0.05) is 23.7 Å². The van der Waals surface area contributed by atoms with Crippen LogP contribution in [0.2, 0.25) is 5.02 Å². The highest BCUT2D eigenvalue weighted by Crippen LogP contribution is 2.46. The molecule has 0 bridgehead atoms. The molecule has 4 rings (SSSR count). The number of carbonyl (C=O) groups excluding carboxylic acids is 1. The molecule has 0 saturated heterocycles. The molecule has 0 saturated carbocycles. The molecule has 0 spiro atoms. The van der Waals surface area contributed by atoms with Crippen molar-refractivity contribution in [1.29, 1.82) is 0 Å². The van der Waals surface area contributed by atoms with Crippen LogP contribution in [0.1, 0.15) is 16.8 Å². The van der Waals surface area contributed by atoms with E-state index in [0.717, 1.165) is 45.5 Å². The van der Waals surface area contributed by atoms with Crippen molar-refractivity contribution in [3.63, 3.8) is 0 Å². The van der Waals surface area contributed by atoms with Crippen LogP contribution in [0.4, 0.5) is 16.2 Å². The summed E-state index contributed by atoms with van der Waals surface area (Å²) in [5, 5.41) is 1.59. The van der Waals surface area contributed by atoms with Gasteiger partial charge in [-0.3, -0.25) is 4.98 Å². The fourth-order valence-corrected chi connectivity index (χ4v) is 4.05. The molecule has 2 aromatic carbocycles. The number of amides is 2. The van der Waals surface area contributed by atoms with Crippen LogP contribution in [0, 0.1) is 13.8 Å². The highest BCUT2D eigenvalue weighted by Gasteiger charge is 2.47. The molecule has 1 aromatic heterocycles. The summed E-state index contributed by atoms with van der Waals surface area (Å²) in [4.78, 5) is 17.4. The lowest BCUT2D eigenvalue weighted by Crippen LogP contribution is -2.51. The van der Waals surface area contributed by atoms with Gasteiger partial charge >= 0.3 is 6.03 Å². The van der Waals surface area contributed by atoms with Crippen molar-refractivity contribution < 1.29 is 4.79 Å². The first-order valence-electron chi connectivity index (χ1n) is 8.28. The molecule has 3 aromatic rings. The van der Waals surface area contributed by atoms with Crippen molar-refractivity contribution in [3.05, 3.63) is 64.3 Å². The topological polar surface area (TPSA) is 56.0 Å². The number of nitrogens with zero attached hydrogens (tertiary/aromatic N) is 2. The van der Waals surface area contributed by atoms with Crippen molar-refractivity contribution in [1.82, 2.24) is 9.47 Å². The molecule has 25 heavy (non-hydrogen) atoms. The molecule has 5 heteroatoms. The van der Waals surface area contributed by atoms with Crippen molar-refractivity contribution in [2.75, 3.05) is 6.54 Å². The molecule has 1 unspecified atom stereocenters. The van der Waals surface area contributed by atoms with Crippen molar-refractivity contribution in [2.45, 2.75) is 20.3 Å². The first-order valence-corrected chi connectivity index (χ1v) is 8.66. The van der Waals surface area contributed by atoms with Gasteiger partial charge in [-0.05, 0) is 37.6 Å². The summed E-state index contributed by atoms with van der Waals surface area (Å²) >= 11 is 6.39. The van der Waals surface area contributed by atoms with E-state index in [9.17, 15) is 4.79 Å². The third kappa shape index (κ3) is 2.25. The Morgan fingerprint density at radius 3 is 2.68 bits per heavy atom. The van der Waals surface area contributed by atoms with Gasteiger partial charge < -0.3 is 5.73 Å². The van der Waals surface area contributed by atoms with E-state index in [1.165, 1.54) is 0 Å². The number of aryl methyl sites for hydroxylation is 2. The number of primary amides is 1. The molecule has 0 aliphatic carbocycles. The Kier molecular flexibility index (Phi) is 3.56. The van der Waals surface area contributed by atoms with Crippen molar-refractivity contribution >= 4 is 39.9 Å². The lowest BCUT2D eigenvalue weighted by Gasteiger charge is -2.30. The highest BCUT2D eigenvalue weighted by molar-refractivity contribution is 6.31. The van der Waals surface area contributed by atoms with Crippen LogP contribution >= 0.6 is 11.6 Å². The number of rotatable bonds is 1. The van der Waals surface area contributed by atoms with Crippen LogP contribution in [0.25, 0.3) is 10.9 Å². The maximum atomic E-state index is 12.8. The normalized spacial score (nSPS) is 19.2. The highest BCUT2D eigenvalue weighted by atomic mass is 35.5. The Hall–Kier alpha value is -2.43. The monoisotopic (exact) mass is 352 g/mol. The number of quaternary nitrogens is 1. The Bertz CT molecular complexity index is 1030. The van der Waals surface area contributed by atoms with Gasteiger partial charge in [0.1, 0.15) is 6.54 Å². The van der Waals surface area contributed by atoms with E-state index in [1.807, 2.05) is 50.2 Å². The molecule has 4 nitrogen and oxygen atoms in total. The number of nitrogens with two attached hydrogens (primary N) is 1. The van der Waals surface area contributed by atoms with E-state index in [4.69, 9.17) is 17.3 Å². The number of hydrogen-bond acceptors (Lipinski definition) is 2. The zero-order chi connectivity index (χ0) is 17.8. The maximum Gasteiger partial charge on any atom is 0.424 e. The van der Waals surface area contributed by atoms with Crippen molar-refractivity contribution in [3.8, 4) is 0 Å². The first-order chi connectivity index (χ1) is 11.9. The van der Waals surface area contributed by atoms with Crippen LogP contribution in [-0.2, 0) is 6.42 Å². The number of hydrogen-bond donors (Lipinski definition) is 1. The van der Waals surface area contributed by atoms with Crippen LogP contribution in [0.3, 0.4) is 0 Å². The Balaban J connectivity index is 2.10. The van der Waals surface area contributed by atoms with E-state index in [1.54, 1.807) is 0 Å². The van der Waals surface area contributed by atoms with Crippen molar-refractivity contribution in [2.24, 2.45) is 5.73 Å². The predicted octanol–water partition coefficient (Wildman–Crippen LogP) is 4.78. The third-order valence-electron chi connectivity index (χ3n) is 5.10. The number of aromatic nitrogens is 1. The second kappa shape index (κ2) is 5.55. The molecule has 2 amide bonds. The maximum absolute atomic E-state index is 12.8. The van der Waals surface area contributed by atoms with Gasteiger partial charge in [-0.25, -0.2) is 4.79 Å². The molecule has 2 heterocycles. The fraction of sp³-hybridized carbons (Fsp3) is 0.200. The van der Waals surface area contributed by atoms with Crippen LogP contribution < -0.4 is 10.2 Å². The Morgan fingerprint density at radius 2 is 1.92 bits per heavy atom. The molecular formula is C20H19ClN3O+. The minimum atomic E-state index is -0.394. The van der Waals surface area contributed by atoms with Gasteiger partial charge in [0, 0.05) is 34.8 Å². The third-order valence-corrected chi connectivity index (χ3v) is 5.50. The average Bonchev–Trinajstić information content (AvgIpc) is 2.94. The van der Waals surface area contributed by atoms with Crippen LogP contribution in [0.5, 0.6) is 0 Å². The number of pyridine rings is 1. The summed E-state index contributed by atoms with van der Waals surface area (Å²) in [5.74, 6) is 0. The van der Waals surface area contributed by atoms with Gasteiger partial charge in [0.05, 0.1) is 10.9 Å². The molecule has 1 aliphatic heterocycles. The Labute approximate surface area is 151 Å². The van der Waals surface area contributed by atoms with E-state index in [-0.39, 0.29) is 4.48 Å². The number of urea groups is 1. The fourth-order valence-electron chi connectivity index (χ4n) is 3.89. The summed E-state index contributed by atoms with van der Waals surface area (Å²) in [6.45, 7) is 4.51. The summed E-state index contributed by atoms with van der Waals surface area (Å²) in [6.07, 6.45) is 0.784. The average molecular weight is 353 g/mol. The van der Waals surface area contributed by atoms with E-state index in [0.29, 0.717) is 11.6 Å². The minimum absolute atomic E-state index is 0.0147. The largest absolute Gasteiger partial charge is 0.424 e.